The number of carbonyl (C=O) groups is 1. The van der Waals surface area contributed by atoms with Crippen molar-refractivity contribution in [2.45, 2.75) is 361 Å². The van der Waals surface area contributed by atoms with Crippen LogP contribution in [0.3, 0.4) is 0 Å². The van der Waals surface area contributed by atoms with Gasteiger partial charge in [0.1, 0.15) is 104 Å². The molecule has 1 amide bonds. The summed E-state index contributed by atoms with van der Waals surface area (Å²) in [5, 5.41) is 151. The van der Waals surface area contributed by atoms with Gasteiger partial charge in [0, 0.05) is 6.42 Å². The summed E-state index contributed by atoms with van der Waals surface area (Å²) in [6, 6.07) is -1.56. The van der Waals surface area contributed by atoms with E-state index in [1.54, 1.807) is 0 Å². The largest absolute Gasteiger partial charge is 0.756 e. The van der Waals surface area contributed by atoms with Crippen molar-refractivity contribution in [2.75, 3.05) is 13.2 Å². The molecular weight excluding hydrogens is 1200 g/mol. The van der Waals surface area contributed by atoms with Crippen LogP contribution < -0.4 is 15.1 Å². The number of hydrogen-bond acceptors (Lipinski definition) is 25. The van der Waals surface area contributed by atoms with Gasteiger partial charge in [-0.15, -0.1) is 0 Å². The molecule has 0 spiro atoms. The zero-order valence-electron chi connectivity index (χ0n) is 52.4. The Balaban J connectivity index is 1.59. The Bertz CT molecular complexity index is 1890. The second kappa shape index (κ2) is 44.7. The third kappa shape index (κ3) is 29.8. The summed E-state index contributed by atoms with van der Waals surface area (Å²) in [7, 11) is -11.6. The maximum absolute atomic E-state index is 13.7. The van der Waals surface area contributed by atoms with Crippen molar-refractivity contribution in [1.82, 2.24) is 5.32 Å². The number of carbonyl (C=O) groups excluding carboxylic acids is 1. The Hall–Kier alpha value is -0.950. The van der Waals surface area contributed by atoms with Crippen LogP contribution in [0.2, 0.25) is 0 Å². The molecule has 2 saturated carbocycles. The Labute approximate surface area is 521 Å². The van der Waals surface area contributed by atoms with Gasteiger partial charge >= 0.3 is 0 Å². The predicted octanol–water partition coefficient (Wildman–Crippen LogP) is 3.09. The van der Waals surface area contributed by atoms with Gasteiger partial charge in [-0.1, -0.05) is 219 Å². The molecule has 88 heavy (non-hydrogen) atoms. The number of unbranched alkanes of at least 4 members (excludes halogenated alkanes) is 31. The van der Waals surface area contributed by atoms with E-state index in [-0.39, 0.29) is 12.8 Å². The SMILES string of the molecule is CCCCCCCCCCCCCCCCCCCCCCCC(=O)N[C@@H](COP(=O)([O-])O[C@@H]1[C@H](O)[C@H](O)[C@@H](O)[C@H](O)[C@H]1O[C@@H]1O[C@H](COP(=O)([O-])OC2[C@H](O)[C@H](O)C(O)[C@H](O)[C@H]2O)[C@@H](O)[C@H](O)[C@@H]1O)[C@H](O)[C@H](O)CCCCCCCCCCCCCC. The van der Waals surface area contributed by atoms with Gasteiger partial charge in [0.25, 0.3) is 15.6 Å². The highest BCUT2D eigenvalue weighted by molar-refractivity contribution is 7.46. The molecule has 3 rings (SSSR count). The van der Waals surface area contributed by atoms with Crippen molar-refractivity contribution in [3.8, 4) is 0 Å². The number of hydrogen-bond donors (Lipinski definition) is 15. The lowest BCUT2D eigenvalue weighted by Gasteiger charge is -2.48. The molecule has 15 N–H and O–H groups in total. The maximum Gasteiger partial charge on any atom is 0.268 e. The predicted molar refractivity (Wildman–Crippen MR) is 319 cm³/mol. The summed E-state index contributed by atoms with van der Waals surface area (Å²) < 4.78 is 57.0. The molecule has 0 radical (unpaired) electrons. The normalized spacial score (nSPS) is 31.9. The molecule has 1 aliphatic heterocycles. The van der Waals surface area contributed by atoms with E-state index in [2.05, 4.69) is 23.7 Å². The number of amides is 1. The fraction of sp³-hybridized carbons (Fsp3) is 0.983. The summed E-state index contributed by atoms with van der Waals surface area (Å²) in [6.45, 7) is 2.06. The topological polar surface area (TPSA) is 448 Å². The third-order valence-electron chi connectivity index (χ3n) is 17.4. The van der Waals surface area contributed by atoms with E-state index >= 15 is 0 Å². The number of rotatable bonds is 50. The zero-order valence-corrected chi connectivity index (χ0v) is 54.1. The molecule has 1 heterocycles. The van der Waals surface area contributed by atoms with Crippen LogP contribution in [0.25, 0.3) is 0 Å². The summed E-state index contributed by atoms with van der Waals surface area (Å²) in [6.07, 6.45) is -4.44. The van der Waals surface area contributed by atoms with Crippen molar-refractivity contribution < 1.29 is 123 Å². The number of aliphatic hydroxyl groups excluding tert-OH is 14. The molecule has 0 aromatic rings. The van der Waals surface area contributed by atoms with Gasteiger partial charge in [0.05, 0.1) is 25.4 Å². The van der Waals surface area contributed by atoms with Gasteiger partial charge in [-0.3, -0.25) is 13.9 Å². The molecule has 3 fully saturated rings. The minimum absolute atomic E-state index is 0.00231. The van der Waals surface area contributed by atoms with Crippen LogP contribution >= 0.6 is 15.6 Å². The lowest BCUT2D eigenvalue weighted by molar-refractivity contribution is -0.342. The van der Waals surface area contributed by atoms with E-state index in [4.69, 9.17) is 23.0 Å². The van der Waals surface area contributed by atoms with E-state index in [0.29, 0.717) is 12.8 Å². The first-order valence-electron chi connectivity index (χ1n) is 33.3. The second-order valence-electron chi connectivity index (χ2n) is 24.9. The number of phosphoric ester groups is 2. The molecule has 4 unspecified atom stereocenters. The first-order chi connectivity index (χ1) is 41.9. The van der Waals surface area contributed by atoms with Crippen LogP contribution in [-0.4, -0.2) is 213 Å². The van der Waals surface area contributed by atoms with E-state index in [1.165, 1.54) is 135 Å². The molecule has 28 heteroatoms. The van der Waals surface area contributed by atoms with Crippen LogP contribution in [0.1, 0.15) is 239 Å². The van der Waals surface area contributed by atoms with Crippen LogP contribution in [-0.2, 0) is 41.5 Å². The van der Waals surface area contributed by atoms with E-state index in [1.807, 2.05) is 0 Å². The fourth-order valence-corrected chi connectivity index (χ4v) is 13.5. The van der Waals surface area contributed by atoms with Crippen molar-refractivity contribution >= 4 is 21.6 Å². The number of phosphoric acid groups is 2. The molecule has 26 nitrogen and oxygen atoms in total. The highest BCUT2D eigenvalue weighted by atomic mass is 31.2. The second-order valence-corrected chi connectivity index (χ2v) is 27.6. The standard InChI is InChI=1S/C60H117NO25P2/c1-3-5-7-9-11-13-15-17-18-19-20-21-22-23-24-25-27-29-31-33-35-37-43(63)61-40(44(64)41(62)36-34-32-30-28-26-16-14-12-10-8-6-4-2)38-81-87(77,78)86-59-55(75)51(71)50(70)54(74)58(59)84-60-56(76)46(66)45(65)42(83-60)39-82-88(79,80)85-57-52(72)48(68)47(67)49(69)53(57)73/h40-42,44-60,62,64-76H,3-39H2,1-2H3,(H,61,63)(H,77,78)(H,79,80)/p-2/t40-,41+,42+,44-,45+,46-,47?,48-,49+,50+,51+,52+,53+,54-,55+,56-,57?,58+,59+,60-/m0/s1. The van der Waals surface area contributed by atoms with Crippen molar-refractivity contribution in [1.29, 1.82) is 0 Å². The first kappa shape index (κ1) is 81.3. The molecule has 3 aliphatic rings. The molecule has 0 aromatic heterocycles. The molecule has 1 saturated heterocycles. The van der Waals surface area contributed by atoms with Crippen molar-refractivity contribution in [3.63, 3.8) is 0 Å². The van der Waals surface area contributed by atoms with Gasteiger partial charge in [-0.05, 0) is 12.8 Å². The summed E-state index contributed by atoms with van der Waals surface area (Å²) in [4.78, 5) is 39.9. The number of ether oxygens (including phenoxy) is 2. The molecule has 2 aliphatic carbocycles. The monoisotopic (exact) mass is 1310 g/mol. The van der Waals surface area contributed by atoms with Crippen molar-refractivity contribution in [3.05, 3.63) is 0 Å². The zero-order chi connectivity index (χ0) is 65.2. The Morgan fingerprint density at radius 3 is 1.18 bits per heavy atom. The van der Waals surface area contributed by atoms with Gasteiger partial charge in [-0.25, -0.2) is 0 Å². The van der Waals surface area contributed by atoms with Crippen LogP contribution in [0, 0.1) is 0 Å². The van der Waals surface area contributed by atoms with Gasteiger partial charge in [0.15, 0.2) is 6.29 Å². The molecule has 0 bridgehead atoms. The average molecular weight is 1310 g/mol. The lowest BCUT2D eigenvalue weighted by atomic mass is 9.84. The lowest BCUT2D eigenvalue weighted by Crippen LogP contribution is -2.67. The third-order valence-corrected chi connectivity index (χ3v) is 19.3. The maximum atomic E-state index is 13.7. The van der Waals surface area contributed by atoms with Crippen LogP contribution in [0.15, 0.2) is 0 Å². The van der Waals surface area contributed by atoms with E-state index in [0.717, 1.165) is 64.2 Å². The average Bonchev–Trinajstić information content (AvgIpc) is 3.15. The summed E-state index contributed by atoms with van der Waals surface area (Å²) >= 11 is 0. The highest BCUT2D eigenvalue weighted by Gasteiger charge is 2.55. The van der Waals surface area contributed by atoms with Gasteiger partial charge in [0.2, 0.25) is 5.91 Å². The van der Waals surface area contributed by atoms with Crippen LogP contribution in [0.4, 0.5) is 0 Å². The number of aliphatic hydroxyl groups is 14. The van der Waals surface area contributed by atoms with Gasteiger partial charge < -0.3 is 114 Å². The van der Waals surface area contributed by atoms with Gasteiger partial charge in [-0.2, -0.15) is 0 Å². The van der Waals surface area contributed by atoms with E-state index < -0.39 is 157 Å². The Morgan fingerprint density at radius 1 is 0.432 bits per heavy atom. The van der Waals surface area contributed by atoms with Crippen molar-refractivity contribution in [2.24, 2.45) is 0 Å². The summed E-state index contributed by atoms with van der Waals surface area (Å²) in [5.74, 6) is -0.573. The molecule has 22 atom stereocenters. The Kier molecular flexibility index (Phi) is 41.3. The molecular formula is C60H115NO25P2-2. The Morgan fingerprint density at radius 2 is 0.761 bits per heavy atom. The minimum atomic E-state index is -5.86. The quantitative estimate of drug-likeness (QED) is 0.0307. The molecule has 0 aromatic carbocycles. The summed E-state index contributed by atoms with van der Waals surface area (Å²) in [5.41, 5.74) is 0. The molecule has 522 valence electrons. The minimum Gasteiger partial charge on any atom is -0.756 e. The van der Waals surface area contributed by atoms with E-state index in [9.17, 15) is 95.2 Å². The first-order valence-corrected chi connectivity index (χ1v) is 36.2. The smallest absolute Gasteiger partial charge is 0.268 e. The highest BCUT2D eigenvalue weighted by Crippen LogP contribution is 2.46. The number of nitrogens with one attached hydrogen (secondary N) is 1. The fourth-order valence-electron chi connectivity index (χ4n) is 11.7. The van der Waals surface area contributed by atoms with Crippen LogP contribution in [0.5, 0.6) is 0 Å².